The van der Waals surface area contributed by atoms with Gasteiger partial charge in [-0.15, -0.1) is 0 Å². The normalized spacial score (nSPS) is 11.9. The second-order valence-corrected chi connectivity index (χ2v) is 5.00. The zero-order valence-corrected chi connectivity index (χ0v) is 12.3. The van der Waals surface area contributed by atoms with Crippen LogP contribution in [0.15, 0.2) is 29.1 Å². The summed E-state index contributed by atoms with van der Waals surface area (Å²) < 4.78 is 1.78. The molecule has 0 aliphatic heterocycles. The molecule has 10 heteroatoms. The van der Waals surface area contributed by atoms with Crippen LogP contribution in [-0.4, -0.2) is 30.8 Å². The molecule has 0 saturated carbocycles. The van der Waals surface area contributed by atoms with E-state index >= 15 is 0 Å². The van der Waals surface area contributed by atoms with E-state index in [0.29, 0.717) is 10.0 Å². The van der Waals surface area contributed by atoms with E-state index in [2.05, 4.69) is 31.3 Å². The SMILES string of the molecule is Cn1cc(C(Nc2ncc([N+](=O)[O-])cc2Br)C(=O)O)cn1. The number of carboxylic acid groups (broad SMARTS) is 1. The van der Waals surface area contributed by atoms with Crippen molar-refractivity contribution >= 4 is 33.4 Å². The number of nitrogens with one attached hydrogen (secondary N) is 1. The molecule has 0 radical (unpaired) electrons. The van der Waals surface area contributed by atoms with E-state index in [1.54, 1.807) is 13.2 Å². The molecular weight excluding hydrogens is 346 g/mol. The molecule has 0 aliphatic rings. The maximum absolute atomic E-state index is 11.3. The fourth-order valence-corrected chi connectivity index (χ4v) is 2.10. The van der Waals surface area contributed by atoms with Crippen molar-refractivity contribution < 1.29 is 14.8 Å². The van der Waals surface area contributed by atoms with Gasteiger partial charge in [-0.05, 0) is 15.9 Å². The topological polar surface area (TPSA) is 123 Å². The van der Waals surface area contributed by atoms with Crippen LogP contribution in [-0.2, 0) is 11.8 Å². The summed E-state index contributed by atoms with van der Waals surface area (Å²) in [7, 11) is 1.67. The molecule has 0 amide bonds. The molecule has 1 unspecified atom stereocenters. The minimum absolute atomic E-state index is 0.192. The van der Waals surface area contributed by atoms with Crippen LogP contribution in [0, 0.1) is 10.1 Å². The van der Waals surface area contributed by atoms with E-state index in [0.717, 1.165) is 6.20 Å². The number of pyridine rings is 1. The Morgan fingerprint density at radius 3 is 2.76 bits per heavy atom. The summed E-state index contributed by atoms with van der Waals surface area (Å²) in [5, 5.41) is 26.5. The number of carboxylic acids is 1. The Hall–Kier alpha value is -2.49. The molecule has 0 saturated heterocycles. The minimum atomic E-state index is -1.12. The van der Waals surface area contributed by atoms with Crippen LogP contribution >= 0.6 is 15.9 Å². The number of carbonyl (C=O) groups is 1. The first kappa shape index (κ1) is 14.9. The largest absolute Gasteiger partial charge is 0.479 e. The van der Waals surface area contributed by atoms with Crippen LogP contribution in [0.1, 0.15) is 11.6 Å². The molecule has 2 N–H and O–H groups in total. The van der Waals surface area contributed by atoms with Gasteiger partial charge in [-0.25, -0.2) is 9.78 Å². The van der Waals surface area contributed by atoms with Gasteiger partial charge < -0.3 is 10.4 Å². The van der Waals surface area contributed by atoms with E-state index in [9.17, 15) is 20.0 Å². The number of hydrogen-bond acceptors (Lipinski definition) is 6. The molecule has 9 nitrogen and oxygen atoms in total. The van der Waals surface area contributed by atoms with E-state index < -0.39 is 16.9 Å². The van der Waals surface area contributed by atoms with Crippen molar-refractivity contribution in [3.63, 3.8) is 0 Å². The zero-order valence-electron chi connectivity index (χ0n) is 10.7. The summed E-state index contributed by atoms with van der Waals surface area (Å²) in [6, 6.07) is 0.182. The number of aliphatic carboxylic acids is 1. The zero-order chi connectivity index (χ0) is 15.6. The molecule has 0 aromatic carbocycles. The molecule has 0 aliphatic carbocycles. The fourth-order valence-electron chi connectivity index (χ4n) is 1.65. The Balaban J connectivity index is 2.29. The number of nitrogens with zero attached hydrogens (tertiary/aromatic N) is 4. The van der Waals surface area contributed by atoms with Gasteiger partial charge in [0.15, 0.2) is 6.04 Å². The van der Waals surface area contributed by atoms with Crippen LogP contribution < -0.4 is 5.32 Å². The van der Waals surface area contributed by atoms with E-state index in [1.807, 2.05) is 0 Å². The summed E-state index contributed by atoms with van der Waals surface area (Å²) in [5.74, 6) is -0.924. The first-order chi connectivity index (χ1) is 9.88. The van der Waals surface area contributed by atoms with E-state index in [1.165, 1.54) is 16.9 Å². The van der Waals surface area contributed by atoms with Gasteiger partial charge in [-0.1, -0.05) is 0 Å². The Morgan fingerprint density at radius 2 is 2.29 bits per heavy atom. The number of aromatic nitrogens is 3. The molecular formula is C11H10BrN5O4. The predicted octanol–water partition coefficient (Wildman–Crippen LogP) is 1.72. The molecule has 0 fully saturated rings. The number of nitro groups is 1. The Morgan fingerprint density at radius 1 is 1.57 bits per heavy atom. The number of hydrogen-bond donors (Lipinski definition) is 2. The third-order valence-corrected chi connectivity index (χ3v) is 3.23. The number of rotatable bonds is 5. The number of halogens is 1. The summed E-state index contributed by atoms with van der Waals surface area (Å²) in [6.45, 7) is 0. The lowest BCUT2D eigenvalue weighted by Crippen LogP contribution is -2.21. The van der Waals surface area contributed by atoms with Crippen LogP contribution in [0.3, 0.4) is 0 Å². The predicted molar refractivity (Wildman–Crippen MR) is 75.8 cm³/mol. The maximum atomic E-state index is 11.3. The number of aryl methyl sites for hydroxylation is 1. The fraction of sp³-hybridized carbons (Fsp3) is 0.182. The third kappa shape index (κ3) is 3.34. The first-order valence-electron chi connectivity index (χ1n) is 5.66. The lowest BCUT2D eigenvalue weighted by Gasteiger charge is -2.14. The van der Waals surface area contributed by atoms with Gasteiger partial charge in [0.2, 0.25) is 0 Å². The molecule has 0 bridgehead atoms. The quantitative estimate of drug-likeness (QED) is 0.618. The molecule has 110 valence electrons. The molecule has 2 aromatic rings. The van der Waals surface area contributed by atoms with Gasteiger partial charge in [0.05, 0.1) is 15.6 Å². The monoisotopic (exact) mass is 355 g/mol. The second-order valence-electron chi connectivity index (χ2n) is 4.14. The highest BCUT2D eigenvalue weighted by Crippen LogP contribution is 2.27. The Kier molecular flexibility index (Phi) is 4.17. The highest BCUT2D eigenvalue weighted by molar-refractivity contribution is 9.10. The molecule has 1 atom stereocenters. The van der Waals surface area contributed by atoms with Gasteiger partial charge in [-0.3, -0.25) is 14.8 Å². The van der Waals surface area contributed by atoms with Crippen molar-refractivity contribution in [2.24, 2.45) is 7.05 Å². The molecule has 21 heavy (non-hydrogen) atoms. The standard InChI is InChI=1S/C11H10BrN5O4/c1-16-5-6(3-14-16)9(11(18)19)15-10-8(12)2-7(4-13-10)17(20)21/h2-5,9H,1H3,(H,13,15)(H,18,19). The van der Waals surface area contributed by atoms with Crippen molar-refractivity contribution in [1.82, 2.24) is 14.8 Å². The second kappa shape index (κ2) is 5.87. The van der Waals surface area contributed by atoms with Crippen LogP contribution in [0.25, 0.3) is 0 Å². The summed E-state index contributed by atoms with van der Waals surface area (Å²) in [6.07, 6.45) is 4.03. The van der Waals surface area contributed by atoms with Crippen molar-refractivity contribution in [2.45, 2.75) is 6.04 Å². The van der Waals surface area contributed by atoms with Gasteiger partial charge in [0.1, 0.15) is 12.0 Å². The smallest absolute Gasteiger partial charge is 0.330 e. The van der Waals surface area contributed by atoms with E-state index in [-0.39, 0.29) is 11.5 Å². The maximum Gasteiger partial charge on any atom is 0.330 e. The lowest BCUT2D eigenvalue weighted by molar-refractivity contribution is -0.385. The highest BCUT2D eigenvalue weighted by Gasteiger charge is 2.23. The molecule has 0 spiro atoms. The van der Waals surface area contributed by atoms with Crippen LogP contribution in [0.2, 0.25) is 0 Å². The van der Waals surface area contributed by atoms with Crippen molar-refractivity contribution in [3.05, 3.63) is 44.8 Å². The van der Waals surface area contributed by atoms with Crippen molar-refractivity contribution in [1.29, 1.82) is 0 Å². The van der Waals surface area contributed by atoms with Crippen LogP contribution in [0.4, 0.5) is 11.5 Å². The molecule has 2 aromatic heterocycles. The van der Waals surface area contributed by atoms with Gasteiger partial charge in [0, 0.05) is 24.9 Å². The minimum Gasteiger partial charge on any atom is -0.479 e. The van der Waals surface area contributed by atoms with Gasteiger partial charge >= 0.3 is 5.97 Å². The van der Waals surface area contributed by atoms with E-state index in [4.69, 9.17) is 0 Å². The summed E-state index contributed by atoms with van der Waals surface area (Å²) >= 11 is 3.13. The van der Waals surface area contributed by atoms with Gasteiger partial charge in [0.25, 0.3) is 5.69 Å². The summed E-state index contributed by atoms with van der Waals surface area (Å²) in [4.78, 5) is 25.3. The highest BCUT2D eigenvalue weighted by atomic mass is 79.9. The van der Waals surface area contributed by atoms with Crippen molar-refractivity contribution in [2.75, 3.05) is 5.32 Å². The number of anilines is 1. The average molecular weight is 356 g/mol. The van der Waals surface area contributed by atoms with Crippen molar-refractivity contribution in [3.8, 4) is 0 Å². The Labute approximate surface area is 126 Å². The lowest BCUT2D eigenvalue weighted by atomic mass is 10.1. The molecule has 2 heterocycles. The van der Waals surface area contributed by atoms with Crippen LogP contribution in [0.5, 0.6) is 0 Å². The average Bonchev–Trinajstić information content (AvgIpc) is 2.83. The third-order valence-electron chi connectivity index (χ3n) is 2.62. The molecule has 2 rings (SSSR count). The summed E-state index contributed by atoms with van der Waals surface area (Å²) in [5.41, 5.74) is 0.248. The van der Waals surface area contributed by atoms with Gasteiger partial charge in [-0.2, -0.15) is 5.10 Å². The Bertz CT molecular complexity index is 702. The first-order valence-corrected chi connectivity index (χ1v) is 6.45.